The van der Waals surface area contributed by atoms with E-state index in [1.54, 1.807) is 0 Å². The van der Waals surface area contributed by atoms with Crippen LogP contribution in [0.4, 0.5) is 5.69 Å². The van der Waals surface area contributed by atoms with Crippen molar-refractivity contribution < 1.29 is 40.3 Å². The molecular weight excluding hydrogens is 741 g/mol. The van der Waals surface area contributed by atoms with Gasteiger partial charge < -0.3 is 13.3 Å². The van der Waals surface area contributed by atoms with Crippen LogP contribution in [0.3, 0.4) is 0 Å². The Morgan fingerprint density at radius 2 is 1.65 bits per heavy atom. The normalized spacial score (nSPS) is 12.1. The second kappa shape index (κ2) is 14.5. The van der Waals surface area contributed by atoms with Crippen molar-refractivity contribution >= 4 is 24.6 Å². The van der Waals surface area contributed by atoms with Gasteiger partial charge in [0.2, 0.25) is 0 Å². The Bertz CT molecular complexity index is 854. The molecule has 0 radical (unpaired) electrons. The number of methoxy groups -OCH3 is 1. The Labute approximate surface area is 196 Å². The van der Waals surface area contributed by atoms with E-state index < -0.39 is 30.5 Å². The predicted molar refractivity (Wildman–Crippen MR) is 123 cm³/mol. The Balaban J connectivity index is 2.90. The largest absolute Gasteiger partial charge is 0.374 e. The first-order chi connectivity index (χ1) is 16.2. The van der Waals surface area contributed by atoms with Gasteiger partial charge in [-0.1, -0.05) is 0 Å². The maximum atomic E-state index is 12.5. The molecule has 0 saturated carbocycles. The Morgan fingerprint density at radius 3 is 2.15 bits per heavy atom. The van der Waals surface area contributed by atoms with Gasteiger partial charge in [0.05, 0.1) is 0 Å². The molecule has 0 unspecified atom stereocenters. The summed E-state index contributed by atoms with van der Waals surface area (Å²) in [6.07, 6.45) is 1.07. The third kappa shape index (κ3) is 9.23. The minimum absolute atomic E-state index is 0.0751. The van der Waals surface area contributed by atoms with Crippen LogP contribution in [0.2, 0.25) is 13.0 Å². The van der Waals surface area contributed by atoms with E-state index in [-0.39, 0.29) is 34.9 Å². The monoisotopic (exact) mass is 775 g/mol. The van der Waals surface area contributed by atoms with Gasteiger partial charge in [-0.2, -0.15) is 0 Å². The van der Waals surface area contributed by atoms with E-state index in [1.807, 2.05) is 20.8 Å². The van der Waals surface area contributed by atoms with Crippen molar-refractivity contribution in [3.8, 4) is 11.5 Å². The van der Waals surface area contributed by atoms with Gasteiger partial charge in [-0.05, 0) is 27.2 Å². The smallest absolute Gasteiger partial charge is 0.0355 e. The SMILES string of the molecule is CCO[Si](CCCS(=O)(=O)OCc1cc(OC)c(OCC[CH2][Rf])cc1[N+](=O)[O-])(OCC)OCC. The van der Waals surface area contributed by atoms with E-state index in [1.165, 1.54) is 19.2 Å². The van der Waals surface area contributed by atoms with E-state index in [0.717, 1.165) is 13.3 Å². The van der Waals surface area contributed by atoms with E-state index in [0.29, 0.717) is 32.5 Å². The fourth-order valence-corrected chi connectivity index (χ4v) is 7.83. The molecule has 0 saturated heterocycles. The second-order valence-electron chi connectivity index (χ2n) is 7.05. The van der Waals surface area contributed by atoms with Crippen molar-refractivity contribution in [2.24, 2.45) is 0 Å². The van der Waals surface area contributed by atoms with Crippen LogP contribution in [0, 0.1) is 10.1 Å². The molecule has 0 aromatic heterocycles. The Hall–Kier alpha value is -2.77. The van der Waals surface area contributed by atoms with Crippen molar-refractivity contribution in [2.45, 2.75) is 53.2 Å². The van der Waals surface area contributed by atoms with Crippen LogP contribution in [0.5, 0.6) is 11.5 Å². The molecule has 14 heteroatoms. The molecule has 1 aromatic carbocycles. The molecule has 11 nitrogen and oxygen atoms in total. The van der Waals surface area contributed by atoms with Crippen LogP contribution < -0.4 is 9.47 Å². The van der Waals surface area contributed by atoms with Gasteiger partial charge in [0.25, 0.3) is 0 Å². The average Bonchev–Trinajstić information content (AvgIpc) is 2.78. The summed E-state index contributed by atoms with van der Waals surface area (Å²) in [4.78, 5) is 11.0. The van der Waals surface area contributed by atoms with Gasteiger partial charge in [-0.25, -0.2) is 0 Å². The fourth-order valence-electron chi connectivity index (χ4n) is 3.11. The van der Waals surface area contributed by atoms with Crippen LogP contribution in [-0.2, 0) is 34.2 Å². The molecule has 0 heterocycles. The second-order valence-corrected chi connectivity index (χ2v) is 14.7. The van der Waals surface area contributed by atoms with Gasteiger partial charge in [0.1, 0.15) is 0 Å². The molecule has 1 aromatic rings. The summed E-state index contributed by atoms with van der Waals surface area (Å²) >= 11 is 0. The van der Waals surface area contributed by atoms with Crippen LogP contribution in [0.1, 0.15) is 39.2 Å². The van der Waals surface area contributed by atoms with Crippen molar-refractivity contribution in [1.82, 2.24) is 0 Å². The summed E-state index contributed by atoms with van der Waals surface area (Å²) in [5.74, 6) is 0.221. The zero-order chi connectivity index (χ0) is 25.6. The summed E-state index contributed by atoms with van der Waals surface area (Å²) in [7, 11) is -5.53. The number of ether oxygens (including phenoxy) is 2. The molecule has 0 bridgehead atoms. The molecule has 0 aliphatic rings. The molecular formula is C20H34NO10RfSSi. The first kappa shape index (κ1) is 29.3. The molecule has 1 rings (SSSR count). The van der Waals surface area contributed by atoms with Crippen LogP contribution in [0.15, 0.2) is 12.1 Å². The molecule has 0 aliphatic carbocycles. The molecule has 0 amide bonds. The molecule has 0 N–H and O–H groups in total. The van der Waals surface area contributed by atoms with Crippen molar-refractivity contribution in [2.75, 3.05) is 39.3 Å². The topological polar surface area (TPSA) is 133 Å². The van der Waals surface area contributed by atoms with Gasteiger partial charge in [0.15, 0.2) is 0 Å². The van der Waals surface area contributed by atoms with Gasteiger partial charge in [0, 0.05) is 25.9 Å². The van der Waals surface area contributed by atoms with Crippen LogP contribution in [0.25, 0.3) is 0 Å². The van der Waals surface area contributed by atoms with E-state index in [4.69, 9.17) is 26.9 Å². The maximum absolute atomic E-state index is 12.5. The summed E-state index contributed by atoms with van der Waals surface area (Å²) in [6, 6.07) is 2.94. The van der Waals surface area contributed by atoms with Crippen LogP contribution >= 0.6 is 0 Å². The van der Waals surface area contributed by atoms with Gasteiger partial charge in [-0.3, -0.25) is 0 Å². The molecule has 0 spiro atoms. The number of nitro groups is 1. The Morgan fingerprint density at radius 1 is 1.03 bits per heavy atom. The number of rotatable bonds is 19. The zero-order valence-electron chi connectivity index (χ0n) is 20.4. The minimum Gasteiger partial charge on any atom is -0.374 e. The number of hydrogen-bond donors (Lipinski definition) is 0. The molecule has 0 fully saturated rings. The van der Waals surface area contributed by atoms with Gasteiger partial charge in [-0.15, -0.1) is 0 Å². The fraction of sp³-hybridized carbons (Fsp3) is 0.700. The predicted octanol–water partition coefficient (Wildman–Crippen LogP) is 3.62. The van der Waals surface area contributed by atoms with Gasteiger partial charge >= 0.3 is 130 Å². The number of nitrogens with zero attached hydrogens (tertiary/aromatic N) is 1. The van der Waals surface area contributed by atoms with Crippen LogP contribution in [-0.4, -0.2) is 61.4 Å². The Kier molecular flexibility index (Phi) is 12.5. The summed E-state index contributed by atoms with van der Waals surface area (Å²) in [5.41, 5.74) is -0.219. The summed E-state index contributed by atoms with van der Waals surface area (Å²) in [6.45, 7) is 7.68. The molecule has 34 heavy (non-hydrogen) atoms. The molecule has 0 atom stereocenters. The average molecular weight is 776 g/mol. The number of hydrogen-bond acceptors (Lipinski definition) is 10. The zero-order valence-corrected chi connectivity index (χ0v) is 28.6. The summed E-state index contributed by atoms with van der Waals surface area (Å²) in [5, 5.41) is 11.6. The third-order valence-electron chi connectivity index (χ3n) is 4.58. The minimum atomic E-state index is -3.97. The summed E-state index contributed by atoms with van der Waals surface area (Å²) < 4.78 is 58.7. The third-order valence-corrected chi connectivity index (χ3v) is 11.3. The van der Waals surface area contributed by atoms with E-state index >= 15 is 0 Å². The van der Waals surface area contributed by atoms with Crippen molar-refractivity contribution in [3.63, 3.8) is 0 Å². The number of nitro benzene ring substituents is 1. The number of benzene rings is 1. The van der Waals surface area contributed by atoms with Crippen molar-refractivity contribution in [1.29, 1.82) is 0 Å². The van der Waals surface area contributed by atoms with Crippen molar-refractivity contribution in [3.05, 3.63) is 27.8 Å². The first-order valence-corrected chi connectivity index (χ1v) is 19.3. The molecule has 0 aliphatic heterocycles. The quantitative estimate of drug-likeness (QED) is 0.0675. The maximum Gasteiger partial charge on any atom is 0.0355 e. The first-order valence-electron chi connectivity index (χ1n) is 11.2. The standard InChI is InChI=1S/C20H34NO10SSi.Rf/c1-6-11-27-20-15-18(21(22)23)17(14-19(20)26-5)16-28-32(24,25)12-10-13-33(29-7-2,30-8-3)31-9-4;/h14-15H,1,6-13,16H2,2-5H3;. The van der Waals surface area contributed by atoms with E-state index in [2.05, 4.69) is 0 Å². The molecule has 191 valence electrons. The van der Waals surface area contributed by atoms with E-state index in [9.17, 15) is 18.5 Å².